The number of carbonyl (C=O) groups is 1. The van der Waals surface area contributed by atoms with Gasteiger partial charge in [-0.3, -0.25) is 53.8 Å². The summed E-state index contributed by atoms with van der Waals surface area (Å²) in [6.07, 6.45) is 22.3. The Morgan fingerprint density at radius 1 is 0.266 bits per heavy atom. The molecular formula is C113H240N14O. The molecule has 0 aliphatic carbocycles. The highest BCUT2D eigenvalue weighted by atomic mass is 16.2. The normalized spacial score (nSPS) is 22.8. The number of hydrogen-bond donors (Lipinski definition) is 0. The van der Waals surface area contributed by atoms with Crippen molar-refractivity contribution in [3.63, 3.8) is 0 Å². The SMILES string of the molecule is C.C.C.C.CC(C)C1=CCN(C(C)C)CC1.CC(C)C1=CCN(C(C)C)CC1.CC(C)C1C=CN(C(C)C)CC1.CC(C)C1CCN(C(C)C)C(=O)C1.CC(C)C1CCN(C(C)C)CC1.CC(C)C1CCN(C(C)C)CC1.CC(C)N1CCCN(C(C)C)CC1.CC(C)N1CCN(C(C)C)CC1.CC(C)N1CCN(C(C)C)[C@H](C)C1.CC(C)N1CCN(C(C)C)[C@H](C)C1. The van der Waals surface area contributed by atoms with E-state index in [-0.39, 0.29) is 29.7 Å². The summed E-state index contributed by atoms with van der Waals surface area (Å²) in [4.78, 5) is 46.9. The molecule has 10 heterocycles. The zero-order valence-corrected chi connectivity index (χ0v) is 91.5. The first-order valence-corrected chi connectivity index (χ1v) is 52.9. The highest BCUT2D eigenvalue weighted by Crippen LogP contribution is 2.30. The second kappa shape index (κ2) is 70.6. The van der Waals surface area contributed by atoms with Crippen LogP contribution in [0.4, 0.5) is 0 Å². The van der Waals surface area contributed by atoms with Crippen molar-refractivity contribution in [3.8, 4) is 0 Å². The number of nitrogens with zero attached hydrogens (tertiary/aromatic N) is 14. The lowest BCUT2D eigenvalue weighted by atomic mass is 9.86. The van der Waals surface area contributed by atoms with Gasteiger partial charge in [0.1, 0.15) is 0 Å². The molecule has 4 atom stereocenters. The van der Waals surface area contributed by atoms with Gasteiger partial charge in [-0.15, -0.1) is 0 Å². The van der Waals surface area contributed by atoms with Gasteiger partial charge in [-0.1, -0.05) is 142 Å². The Kier molecular flexibility index (Phi) is 73.0. The average Bonchev–Trinajstić information content (AvgIpc) is 0.901. The van der Waals surface area contributed by atoms with Crippen molar-refractivity contribution in [2.24, 2.45) is 59.2 Å². The van der Waals surface area contributed by atoms with Crippen molar-refractivity contribution in [1.29, 1.82) is 0 Å². The van der Waals surface area contributed by atoms with E-state index in [0.717, 1.165) is 110 Å². The van der Waals surface area contributed by atoms with Crippen LogP contribution in [0.3, 0.4) is 0 Å². The molecule has 10 aliphatic heterocycles. The Morgan fingerprint density at radius 3 is 0.758 bits per heavy atom. The Labute approximate surface area is 807 Å². The van der Waals surface area contributed by atoms with Gasteiger partial charge in [0.05, 0.1) is 0 Å². The fourth-order valence-electron chi connectivity index (χ4n) is 19.5. The summed E-state index contributed by atoms with van der Waals surface area (Å²) in [7, 11) is 0. The van der Waals surface area contributed by atoms with Crippen molar-refractivity contribution in [1.82, 2.24) is 68.6 Å². The maximum absolute atomic E-state index is 11.7. The van der Waals surface area contributed by atoms with Crippen LogP contribution in [-0.2, 0) is 4.79 Å². The van der Waals surface area contributed by atoms with Crippen LogP contribution >= 0.6 is 0 Å². The highest BCUT2D eigenvalue weighted by molar-refractivity contribution is 5.77. The average molecular weight is 1810 g/mol. The van der Waals surface area contributed by atoms with E-state index in [1.165, 1.54) is 195 Å². The second-order valence-electron chi connectivity index (χ2n) is 45.4. The summed E-state index contributed by atoms with van der Waals surface area (Å²) in [6, 6.07) is 11.1. The molecule has 768 valence electrons. The largest absolute Gasteiger partial charge is 0.375 e. The molecule has 128 heavy (non-hydrogen) atoms. The molecule has 0 N–H and O–H groups in total. The molecule has 1 amide bonds. The Morgan fingerprint density at radius 2 is 0.547 bits per heavy atom. The zero-order chi connectivity index (χ0) is 94.7. The summed E-state index contributed by atoms with van der Waals surface area (Å²) < 4.78 is 0. The van der Waals surface area contributed by atoms with Crippen molar-refractivity contribution in [2.75, 3.05) is 157 Å². The molecule has 7 fully saturated rings. The minimum absolute atomic E-state index is 0. The van der Waals surface area contributed by atoms with Crippen LogP contribution < -0.4 is 0 Å². The van der Waals surface area contributed by atoms with E-state index in [2.05, 4.69) is 379 Å². The van der Waals surface area contributed by atoms with Crippen LogP contribution in [0.15, 0.2) is 35.6 Å². The van der Waals surface area contributed by atoms with Crippen LogP contribution in [0.1, 0.15) is 385 Å². The van der Waals surface area contributed by atoms with E-state index < -0.39 is 0 Å². The van der Waals surface area contributed by atoms with Gasteiger partial charge in [0.25, 0.3) is 0 Å². The van der Waals surface area contributed by atoms with Crippen LogP contribution in [-0.4, -0.2) is 328 Å². The number of amides is 1. The maximum atomic E-state index is 11.7. The van der Waals surface area contributed by atoms with Crippen LogP contribution in [0.5, 0.6) is 0 Å². The fourth-order valence-corrected chi connectivity index (χ4v) is 19.5. The molecule has 0 aromatic rings. The monoisotopic (exact) mass is 1810 g/mol. The van der Waals surface area contributed by atoms with Crippen LogP contribution in [0.25, 0.3) is 0 Å². The van der Waals surface area contributed by atoms with Gasteiger partial charge in [0.2, 0.25) is 5.91 Å². The predicted octanol–water partition coefficient (Wildman–Crippen LogP) is 25.5. The molecule has 15 heteroatoms. The number of rotatable bonds is 20. The van der Waals surface area contributed by atoms with Gasteiger partial charge in [-0.25, -0.2) is 0 Å². The molecule has 10 aliphatic rings. The minimum atomic E-state index is 0. The Hall–Kier alpha value is -1.99. The van der Waals surface area contributed by atoms with Crippen molar-refractivity contribution >= 4 is 5.91 Å². The quantitative estimate of drug-likeness (QED) is 0.109. The third-order valence-electron chi connectivity index (χ3n) is 29.9. The first-order valence-electron chi connectivity index (χ1n) is 52.9. The molecule has 0 aromatic carbocycles. The fraction of sp³-hybridized carbons (Fsp3) is 0.938. The van der Waals surface area contributed by atoms with Gasteiger partial charge in [0.15, 0.2) is 0 Å². The minimum Gasteiger partial charge on any atom is -0.375 e. The van der Waals surface area contributed by atoms with Crippen molar-refractivity contribution in [3.05, 3.63) is 35.6 Å². The van der Waals surface area contributed by atoms with E-state index in [1.54, 1.807) is 11.1 Å². The molecule has 0 bridgehead atoms. The molecule has 0 aromatic heterocycles. The number of piperidine rings is 3. The Bertz CT molecular complexity index is 2460. The smallest absolute Gasteiger partial charge is 0.223 e. The molecule has 2 unspecified atom stereocenters. The lowest BCUT2D eigenvalue weighted by molar-refractivity contribution is -0.137. The van der Waals surface area contributed by atoms with E-state index in [4.69, 9.17) is 0 Å². The van der Waals surface area contributed by atoms with Gasteiger partial charge in [-0.05, 0) is 370 Å². The van der Waals surface area contributed by atoms with E-state index in [1.807, 2.05) is 4.90 Å². The van der Waals surface area contributed by atoms with Gasteiger partial charge < -0.3 is 19.6 Å². The number of piperazine rings is 3. The second-order valence-corrected chi connectivity index (χ2v) is 45.4. The molecule has 0 spiro atoms. The third-order valence-corrected chi connectivity index (χ3v) is 29.9. The number of likely N-dealkylation sites (tertiary alicyclic amines) is 3. The summed E-state index contributed by atoms with van der Waals surface area (Å²) >= 11 is 0. The summed E-state index contributed by atoms with van der Waals surface area (Å²) in [5.41, 5.74) is 3.29. The molecule has 7 saturated heterocycles. The summed E-state index contributed by atoms with van der Waals surface area (Å²) in [5.74, 6) is 8.47. The van der Waals surface area contributed by atoms with Gasteiger partial charge in [-0.2, -0.15) is 0 Å². The number of carbonyl (C=O) groups excluding carboxylic acids is 1. The molecule has 0 saturated carbocycles. The van der Waals surface area contributed by atoms with E-state index in [9.17, 15) is 4.79 Å². The lowest BCUT2D eigenvalue weighted by Crippen LogP contribution is -2.55. The number of hydrogen-bond acceptors (Lipinski definition) is 14. The molecule has 0 radical (unpaired) electrons. The van der Waals surface area contributed by atoms with Crippen LogP contribution in [0.2, 0.25) is 0 Å². The summed E-state index contributed by atoms with van der Waals surface area (Å²) in [5, 5.41) is 0. The lowest BCUT2D eigenvalue weighted by Gasteiger charge is -2.43. The topological polar surface area (TPSA) is 62.4 Å². The summed E-state index contributed by atoms with van der Waals surface area (Å²) in [6.45, 7) is 126. The van der Waals surface area contributed by atoms with E-state index >= 15 is 0 Å². The maximum Gasteiger partial charge on any atom is 0.223 e. The third kappa shape index (κ3) is 53.1. The number of allylic oxidation sites excluding steroid dienone is 1. The molecule has 15 nitrogen and oxygen atoms in total. The van der Waals surface area contributed by atoms with Gasteiger partial charge in [0, 0.05) is 221 Å². The van der Waals surface area contributed by atoms with E-state index in [0.29, 0.717) is 78.2 Å². The molecule has 10 rings (SSSR count). The predicted molar refractivity (Wildman–Crippen MR) is 580 cm³/mol. The zero-order valence-electron chi connectivity index (χ0n) is 91.5. The first-order chi connectivity index (χ1) is 57.8. The van der Waals surface area contributed by atoms with Gasteiger partial charge >= 0.3 is 0 Å². The van der Waals surface area contributed by atoms with Crippen LogP contribution in [0, 0.1) is 59.2 Å². The van der Waals surface area contributed by atoms with Crippen molar-refractivity contribution < 1.29 is 4.79 Å². The Balaban J connectivity index is -0.000000665. The van der Waals surface area contributed by atoms with Crippen molar-refractivity contribution in [2.45, 2.75) is 481 Å². The molecular weight excluding hydrogens is 1570 g/mol. The highest BCUT2D eigenvalue weighted by Gasteiger charge is 2.32. The standard InChI is InChI=1S/3C11H24N2.C11H21NO.2C11H23N.3C11H21N.C10H22N2.4CH4/c2*1-9(2)12-6-7-13(10(3)4)11(5)8-12;1-10(2)12-6-5-7-13(9-8-12)11(3)4;1-8(2)10-5-6-12(9(3)4)11(13)7-10;6*1-9(2)11-5-7-12(8-6-11)10(3)4;;;;/h2*9-11H,6-8H2,1-5H3;10-11H,5-9H2,1-4H3;8-10H,5-7H2,1-4H3;2*9-11H,5-8H2,1-4H3;2*5,9-10H,6-8H2,1-4H3;5,7,9-11H,6,8H2,1-4H3;9-10H,5-8H2,1-4H3;4*1H4/t2*11-;;;;;;;;;;;;/m11............/s1. The first kappa shape index (κ1) is 132.